The molecule has 2 nitrogen and oxygen atoms in total. The second-order valence-electron chi connectivity index (χ2n) is 5.84. The van der Waals surface area contributed by atoms with Crippen LogP contribution in [0.5, 0.6) is 0 Å². The fourth-order valence-corrected chi connectivity index (χ4v) is 3.10. The van der Waals surface area contributed by atoms with Crippen LogP contribution < -0.4 is 10.2 Å². The van der Waals surface area contributed by atoms with Gasteiger partial charge in [-0.1, -0.05) is 18.2 Å². The molecule has 0 saturated carbocycles. The second kappa shape index (κ2) is 4.69. The summed E-state index contributed by atoms with van der Waals surface area (Å²) < 4.78 is 0. The maximum absolute atomic E-state index is 3.31. The van der Waals surface area contributed by atoms with Crippen LogP contribution >= 0.6 is 0 Å². The van der Waals surface area contributed by atoms with Crippen LogP contribution in [0.2, 0.25) is 0 Å². The highest BCUT2D eigenvalue weighted by Crippen LogP contribution is 2.37. The van der Waals surface area contributed by atoms with Crippen LogP contribution in [0.1, 0.15) is 25.8 Å². The zero-order chi connectivity index (χ0) is 12.5. The first kappa shape index (κ1) is 12.4. The van der Waals surface area contributed by atoms with Gasteiger partial charge in [0, 0.05) is 17.8 Å². The number of benzene rings is 1. The largest absolute Gasteiger partial charge is 0.366 e. The Morgan fingerprint density at radius 3 is 2.71 bits per heavy atom. The van der Waals surface area contributed by atoms with Gasteiger partial charge in [-0.05, 0) is 58.3 Å². The topological polar surface area (TPSA) is 15.3 Å². The van der Waals surface area contributed by atoms with Gasteiger partial charge in [-0.15, -0.1) is 0 Å². The second-order valence-corrected chi connectivity index (χ2v) is 5.84. The summed E-state index contributed by atoms with van der Waals surface area (Å²) in [5, 5.41) is 3.31. The molecular formula is C15H24N2. The molecule has 0 bridgehead atoms. The van der Waals surface area contributed by atoms with E-state index < -0.39 is 0 Å². The van der Waals surface area contributed by atoms with E-state index in [0.29, 0.717) is 0 Å². The lowest BCUT2D eigenvalue weighted by Gasteiger charge is -2.34. The molecule has 1 heterocycles. The number of anilines is 1. The van der Waals surface area contributed by atoms with Gasteiger partial charge in [0.2, 0.25) is 0 Å². The van der Waals surface area contributed by atoms with Crippen molar-refractivity contribution in [3.05, 3.63) is 29.8 Å². The first-order valence-corrected chi connectivity index (χ1v) is 6.52. The highest BCUT2D eigenvalue weighted by molar-refractivity contribution is 5.56. The van der Waals surface area contributed by atoms with Gasteiger partial charge in [-0.2, -0.15) is 0 Å². The van der Waals surface area contributed by atoms with E-state index in [9.17, 15) is 0 Å². The minimum absolute atomic E-state index is 0.271. The van der Waals surface area contributed by atoms with Gasteiger partial charge in [-0.3, -0.25) is 0 Å². The highest BCUT2D eigenvalue weighted by atomic mass is 15.2. The summed E-state index contributed by atoms with van der Waals surface area (Å²) in [7, 11) is 2.05. The summed E-state index contributed by atoms with van der Waals surface area (Å²) >= 11 is 0. The Morgan fingerprint density at radius 1 is 1.35 bits per heavy atom. The smallest absolute Gasteiger partial charge is 0.0400 e. The van der Waals surface area contributed by atoms with Crippen LogP contribution in [0, 0.1) is 12.8 Å². The summed E-state index contributed by atoms with van der Waals surface area (Å²) in [6.45, 7) is 9.20. The van der Waals surface area contributed by atoms with Crippen LogP contribution in [0.3, 0.4) is 0 Å². The molecule has 1 aliphatic rings. The highest BCUT2D eigenvalue weighted by Gasteiger charge is 2.38. The van der Waals surface area contributed by atoms with E-state index in [1.807, 2.05) is 7.05 Å². The Labute approximate surface area is 105 Å². The van der Waals surface area contributed by atoms with Gasteiger partial charge in [0.05, 0.1) is 0 Å². The third kappa shape index (κ3) is 2.47. The fraction of sp³-hybridized carbons (Fsp3) is 0.600. The van der Waals surface area contributed by atoms with Crippen LogP contribution in [-0.2, 0) is 0 Å². The zero-order valence-corrected chi connectivity index (χ0v) is 11.5. The number of aryl methyl sites for hydroxylation is 1. The Morgan fingerprint density at radius 2 is 2.06 bits per heavy atom. The number of hydrogen-bond donors (Lipinski definition) is 1. The van der Waals surface area contributed by atoms with Crippen molar-refractivity contribution in [2.75, 3.05) is 25.0 Å². The molecule has 0 radical (unpaired) electrons. The summed E-state index contributed by atoms with van der Waals surface area (Å²) in [6.07, 6.45) is 1.27. The number of hydrogen-bond acceptors (Lipinski definition) is 2. The molecule has 1 N–H and O–H groups in total. The van der Waals surface area contributed by atoms with Crippen LogP contribution in [0.15, 0.2) is 24.3 Å². The summed E-state index contributed by atoms with van der Waals surface area (Å²) in [6, 6.07) is 8.71. The summed E-state index contributed by atoms with van der Waals surface area (Å²) in [5.41, 5.74) is 3.05. The van der Waals surface area contributed by atoms with E-state index in [4.69, 9.17) is 0 Å². The van der Waals surface area contributed by atoms with Crippen LogP contribution in [0.25, 0.3) is 0 Å². The predicted molar refractivity (Wildman–Crippen MR) is 74.6 cm³/mol. The Balaban J connectivity index is 2.24. The lowest BCUT2D eigenvalue weighted by molar-refractivity contribution is 0.461. The van der Waals surface area contributed by atoms with E-state index >= 15 is 0 Å². The molecule has 1 atom stereocenters. The maximum atomic E-state index is 3.31. The van der Waals surface area contributed by atoms with Crippen molar-refractivity contribution in [1.29, 1.82) is 0 Å². The molecule has 0 amide bonds. The van der Waals surface area contributed by atoms with E-state index in [1.165, 1.54) is 24.2 Å². The van der Waals surface area contributed by atoms with Gasteiger partial charge in [0.1, 0.15) is 0 Å². The average Bonchev–Trinajstić information content (AvgIpc) is 2.55. The van der Waals surface area contributed by atoms with Crippen LogP contribution in [0.4, 0.5) is 5.69 Å². The molecule has 0 spiro atoms. The molecule has 0 aliphatic carbocycles. The lowest BCUT2D eigenvalue weighted by Crippen LogP contribution is -2.38. The summed E-state index contributed by atoms with van der Waals surface area (Å²) in [5.74, 6) is 0.759. The van der Waals surface area contributed by atoms with Gasteiger partial charge < -0.3 is 10.2 Å². The molecule has 17 heavy (non-hydrogen) atoms. The number of nitrogens with zero attached hydrogens (tertiary/aromatic N) is 1. The molecular weight excluding hydrogens is 208 g/mol. The zero-order valence-electron chi connectivity index (χ0n) is 11.5. The molecule has 2 rings (SSSR count). The predicted octanol–water partition coefficient (Wildman–Crippen LogP) is 2.82. The van der Waals surface area contributed by atoms with Gasteiger partial charge in [-0.25, -0.2) is 0 Å². The Kier molecular flexibility index (Phi) is 3.43. The molecule has 1 saturated heterocycles. The third-order valence-electron chi connectivity index (χ3n) is 3.86. The average molecular weight is 232 g/mol. The molecule has 1 aromatic carbocycles. The first-order chi connectivity index (χ1) is 8.04. The summed E-state index contributed by atoms with van der Waals surface area (Å²) in [4.78, 5) is 2.57. The Bertz CT molecular complexity index is 384. The van der Waals surface area contributed by atoms with Crippen LogP contribution in [-0.4, -0.2) is 25.7 Å². The van der Waals surface area contributed by atoms with Crippen molar-refractivity contribution in [3.8, 4) is 0 Å². The normalized spacial score (nSPS) is 23.1. The molecule has 1 aromatic rings. The van der Waals surface area contributed by atoms with Crippen molar-refractivity contribution < 1.29 is 0 Å². The molecule has 1 fully saturated rings. The van der Waals surface area contributed by atoms with E-state index in [-0.39, 0.29) is 5.54 Å². The fourth-order valence-electron chi connectivity index (χ4n) is 3.10. The van der Waals surface area contributed by atoms with E-state index in [1.54, 1.807) is 0 Å². The molecule has 2 heteroatoms. The number of para-hydroxylation sites is 1. The quantitative estimate of drug-likeness (QED) is 0.862. The molecule has 94 valence electrons. The van der Waals surface area contributed by atoms with Gasteiger partial charge in [0.25, 0.3) is 0 Å². The minimum Gasteiger partial charge on any atom is -0.366 e. The number of rotatable bonds is 3. The van der Waals surface area contributed by atoms with E-state index in [0.717, 1.165) is 12.5 Å². The molecule has 1 aliphatic heterocycles. The van der Waals surface area contributed by atoms with Gasteiger partial charge in [0.15, 0.2) is 0 Å². The van der Waals surface area contributed by atoms with Crippen molar-refractivity contribution in [3.63, 3.8) is 0 Å². The maximum Gasteiger partial charge on any atom is 0.0400 e. The Hall–Kier alpha value is -1.02. The van der Waals surface area contributed by atoms with Crippen molar-refractivity contribution in [2.24, 2.45) is 5.92 Å². The van der Waals surface area contributed by atoms with Crippen molar-refractivity contribution in [1.82, 2.24) is 5.32 Å². The molecule has 1 unspecified atom stereocenters. The first-order valence-electron chi connectivity index (χ1n) is 6.52. The number of nitrogens with one attached hydrogen (secondary N) is 1. The third-order valence-corrected chi connectivity index (χ3v) is 3.86. The SMILES string of the molecule is CNCC1CN(c2ccccc2C)C(C)(C)C1. The van der Waals surface area contributed by atoms with E-state index in [2.05, 4.69) is 55.3 Å². The van der Waals surface area contributed by atoms with Crippen molar-refractivity contribution >= 4 is 5.69 Å². The minimum atomic E-state index is 0.271. The lowest BCUT2D eigenvalue weighted by atomic mass is 9.96. The van der Waals surface area contributed by atoms with Gasteiger partial charge >= 0.3 is 0 Å². The monoisotopic (exact) mass is 232 g/mol. The molecule has 0 aromatic heterocycles. The van der Waals surface area contributed by atoms with Crippen molar-refractivity contribution in [2.45, 2.75) is 32.7 Å². The standard InChI is InChI=1S/C15H24N2/c1-12-7-5-6-8-14(12)17-11-13(10-16-4)9-15(17,2)3/h5-8,13,16H,9-11H2,1-4H3.